The molecule has 0 N–H and O–H groups in total. The molecule has 0 aliphatic heterocycles. The molecule has 0 radical (unpaired) electrons. The lowest BCUT2D eigenvalue weighted by molar-refractivity contribution is 0.648. The summed E-state index contributed by atoms with van der Waals surface area (Å²) in [6.45, 7) is 2.20. The summed E-state index contributed by atoms with van der Waals surface area (Å²) in [5, 5.41) is 0. The Balaban J connectivity index is 2.33. The molecule has 2 rings (SSSR count). The zero-order chi connectivity index (χ0) is 12.1. The normalized spacial score (nSPS) is 10.2. The molecule has 0 amide bonds. The molecular formula is C15H17OP. The van der Waals surface area contributed by atoms with E-state index in [1.54, 1.807) is 0 Å². The minimum Gasteiger partial charge on any atom is -0.480 e. The summed E-state index contributed by atoms with van der Waals surface area (Å²) in [5.74, 6) is 0.890. The van der Waals surface area contributed by atoms with Crippen LogP contribution in [0.25, 0.3) is 11.1 Å². The number of para-hydroxylation sites is 1. The second-order valence-electron chi connectivity index (χ2n) is 4.06. The molecule has 88 valence electrons. The standard InChI is InChI=1S/C15H17OP/c1-2-5-12-8-10-13(11-9-12)14-6-3-4-7-15(14)16-17/h3-4,6-11H,2,5,17H2,1H3. The van der Waals surface area contributed by atoms with Gasteiger partial charge in [0.2, 0.25) is 0 Å². The second kappa shape index (κ2) is 5.84. The fourth-order valence-corrected chi connectivity index (χ4v) is 2.15. The first kappa shape index (κ1) is 12.1. The van der Waals surface area contributed by atoms with Crippen molar-refractivity contribution < 1.29 is 4.52 Å². The van der Waals surface area contributed by atoms with Gasteiger partial charge in [-0.3, -0.25) is 0 Å². The molecule has 2 heteroatoms. The molecule has 0 fully saturated rings. The van der Waals surface area contributed by atoms with Gasteiger partial charge in [-0.25, -0.2) is 0 Å². The van der Waals surface area contributed by atoms with E-state index < -0.39 is 0 Å². The third-order valence-corrected chi connectivity index (χ3v) is 3.07. The van der Waals surface area contributed by atoms with E-state index in [9.17, 15) is 0 Å². The summed E-state index contributed by atoms with van der Waals surface area (Å²) in [5.41, 5.74) is 3.72. The van der Waals surface area contributed by atoms with E-state index in [2.05, 4.69) is 46.7 Å². The summed E-state index contributed by atoms with van der Waals surface area (Å²) in [6.07, 6.45) is 2.33. The van der Waals surface area contributed by atoms with Crippen molar-refractivity contribution in [3.63, 3.8) is 0 Å². The molecule has 0 heterocycles. The quantitative estimate of drug-likeness (QED) is 0.721. The molecular weight excluding hydrogens is 227 g/mol. The zero-order valence-corrected chi connectivity index (χ0v) is 11.2. The molecule has 1 unspecified atom stereocenters. The SMILES string of the molecule is CCCc1ccc(-c2ccccc2OP)cc1. The van der Waals surface area contributed by atoms with E-state index in [0.717, 1.165) is 17.7 Å². The van der Waals surface area contributed by atoms with Gasteiger partial charge in [0.15, 0.2) is 0 Å². The molecule has 0 aliphatic rings. The number of aryl methyl sites for hydroxylation is 1. The Morgan fingerprint density at radius 3 is 2.35 bits per heavy atom. The average Bonchev–Trinajstić information content (AvgIpc) is 2.40. The molecule has 0 saturated carbocycles. The van der Waals surface area contributed by atoms with Gasteiger partial charge in [-0.1, -0.05) is 55.8 Å². The summed E-state index contributed by atoms with van der Waals surface area (Å²) in [4.78, 5) is 0. The maximum Gasteiger partial charge on any atom is 0.130 e. The number of hydrogen-bond acceptors (Lipinski definition) is 1. The zero-order valence-electron chi connectivity index (χ0n) is 10.0. The molecule has 1 atom stereocenters. The lowest BCUT2D eigenvalue weighted by atomic mass is 10.0. The monoisotopic (exact) mass is 244 g/mol. The van der Waals surface area contributed by atoms with Gasteiger partial charge < -0.3 is 4.52 Å². The molecule has 17 heavy (non-hydrogen) atoms. The van der Waals surface area contributed by atoms with Gasteiger partial charge in [-0.2, -0.15) is 0 Å². The molecule has 2 aromatic rings. The van der Waals surface area contributed by atoms with Crippen LogP contribution in [0, 0.1) is 0 Å². The Hall–Kier alpha value is -1.33. The summed E-state index contributed by atoms with van der Waals surface area (Å²) < 4.78 is 5.29. The van der Waals surface area contributed by atoms with Gasteiger partial charge in [0.05, 0.1) is 9.47 Å². The lowest BCUT2D eigenvalue weighted by Gasteiger charge is -2.08. The fourth-order valence-electron chi connectivity index (χ4n) is 1.95. The van der Waals surface area contributed by atoms with Crippen LogP contribution in [0.5, 0.6) is 5.75 Å². The van der Waals surface area contributed by atoms with Crippen LogP contribution in [-0.2, 0) is 6.42 Å². The fraction of sp³-hybridized carbons (Fsp3) is 0.200. The average molecular weight is 244 g/mol. The Kier molecular flexibility index (Phi) is 4.17. The van der Waals surface area contributed by atoms with Crippen LogP contribution in [0.3, 0.4) is 0 Å². The van der Waals surface area contributed by atoms with Crippen molar-refractivity contribution in [1.82, 2.24) is 0 Å². The van der Waals surface area contributed by atoms with E-state index in [1.807, 2.05) is 18.2 Å². The van der Waals surface area contributed by atoms with Crippen molar-refractivity contribution in [1.29, 1.82) is 0 Å². The van der Waals surface area contributed by atoms with Crippen LogP contribution < -0.4 is 4.52 Å². The lowest BCUT2D eigenvalue weighted by Crippen LogP contribution is -1.85. The maximum absolute atomic E-state index is 5.29. The summed E-state index contributed by atoms with van der Waals surface area (Å²) in [6, 6.07) is 16.8. The number of rotatable bonds is 4. The number of benzene rings is 2. The summed E-state index contributed by atoms with van der Waals surface area (Å²) in [7, 11) is 2.30. The van der Waals surface area contributed by atoms with E-state index >= 15 is 0 Å². The molecule has 0 aliphatic carbocycles. The minimum absolute atomic E-state index is 0.890. The van der Waals surface area contributed by atoms with Gasteiger partial charge in [-0.05, 0) is 23.6 Å². The van der Waals surface area contributed by atoms with Gasteiger partial charge in [0, 0.05) is 5.56 Å². The first-order chi connectivity index (χ1) is 8.35. The van der Waals surface area contributed by atoms with Crippen LogP contribution in [-0.4, -0.2) is 0 Å². The Labute approximate surface area is 105 Å². The van der Waals surface area contributed by atoms with Crippen molar-refractivity contribution in [3.8, 4) is 16.9 Å². The third-order valence-electron chi connectivity index (χ3n) is 2.82. The van der Waals surface area contributed by atoms with Crippen LogP contribution in [0.15, 0.2) is 48.5 Å². The molecule has 2 aromatic carbocycles. The third kappa shape index (κ3) is 2.87. The Morgan fingerprint density at radius 2 is 1.71 bits per heavy atom. The second-order valence-corrected chi connectivity index (χ2v) is 4.30. The highest BCUT2D eigenvalue weighted by molar-refractivity contribution is 7.10. The van der Waals surface area contributed by atoms with Crippen molar-refractivity contribution in [2.75, 3.05) is 0 Å². The predicted molar refractivity (Wildman–Crippen MR) is 76.2 cm³/mol. The van der Waals surface area contributed by atoms with Gasteiger partial charge in [0.1, 0.15) is 5.75 Å². The molecule has 0 saturated heterocycles. The highest BCUT2D eigenvalue weighted by atomic mass is 31.0. The minimum atomic E-state index is 0.890. The Bertz CT molecular complexity index is 477. The van der Waals surface area contributed by atoms with Crippen molar-refractivity contribution >= 4 is 9.47 Å². The maximum atomic E-state index is 5.29. The number of hydrogen-bond donors (Lipinski definition) is 0. The predicted octanol–water partition coefficient (Wildman–Crippen LogP) is 4.48. The largest absolute Gasteiger partial charge is 0.480 e. The first-order valence-electron chi connectivity index (χ1n) is 5.90. The highest BCUT2D eigenvalue weighted by Crippen LogP contribution is 2.30. The first-order valence-corrected chi connectivity index (χ1v) is 6.37. The molecule has 1 nitrogen and oxygen atoms in total. The van der Waals surface area contributed by atoms with Gasteiger partial charge >= 0.3 is 0 Å². The van der Waals surface area contributed by atoms with Gasteiger partial charge in [-0.15, -0.1) is 0 Å². The van der Waals surface area contributed by atoms with Crippen LogP contribution >= 0.6 is 9.47 Å². The van der Waals surface area contributed by atoms with Gasteiger partial charge in [0.25, 0.3) is 0 Å². The smallest absolute Gasteiger partial charge is 0.130 e. The van der Waals surface area contributed by atoms with Crippen LogP contribution in [0.2, 0.25) is 0 Å². The Morgan fingerprint density at radius 1 is 1.00 bits per heavy atom. The van der Waals surface area contributed by atoms with E-state index in [4.69, 9.17) is 4.52 Å². The summed E-state index contributed by atoms with van der Waals surface area (Å²) >= 11 is 0. The van der Waals surface area contributed by atoms with Crippen molar-refractivity contribution in [3.05, 3.63) is 54.1 Å². The van der Waals surface area contributed by atoms with Crippen molar-refractivity contribution in [2.45, 2.75) is 19.8 Å². The molecule has 0 spiro atoms. The van der Waals surface area contributed by atoms with Crippen LogP contribution in [0.4, 0.5) is 0 Å². The van der Waals surface area contributed by atoms with E-state index in [-0.39, 0.29) is 0 Å². The highest BCUT2D eigenvalue weighted by Gasteiger charge is 2.04. The topological polar surface area (TPSA) is 9.23 Å². The van der Waals surface area contributed by atoms with Crippen LogP contribution in [0.1, 0.15) is 18.9 Å². The van der Waals surface area contributed by atoms with E-state index in [0.29, 0.717) is 0 Å². The van der Waals surface area contributed by atoms with Crippen molar-refractivity contribution in [2.24, 2.45) is 0 Å². The van der Waals surface area contributed by atoms with E-state index in [1.165, 1.54) is 17.5 Å². The molecule has 0 bridgehead atoms. The molecule has 0 aromatic heterocycles.